The Labute approximate surface area is 210 Å². The molecule has 1 heterocycles. The summed E-state index contributed by atoms with van der Waals surface area (Å²) in [6, 6.07) is 39.2. The van der Waals surface area contributed by atoms with Gasteiger partial charge >= 0.3 is 0 Å². The van der Waals surface area contributed by atoms with Gasteiger partial charge in [0.1, 0.15) is 0 Å². The van der Waals surface area contributed by atoms with Crippen LogP contribution in [-0.4, -0.2) is 14.2 Å². The van der Waals surface area contributed by atoms with Crippen molar-refractivity contribution in [3.8, 4) is 11.1 Å². The molecule has 1 aliphatic rings. The van der Waals surface area contributed by atoms with Gasteiger partial charge in [0.25, 0.3) is 0 Å². The predicted molar refractivity (Wildman–Crippen MR) is 142 cm³/mol. The Hall–Kier alpha value is -4.48. The molecule has 0 saturated heterocycles. The van der Waals surface area contributed by atoms with Crippen LogP contribution in [0, 0.1) is 0 Å². The van der Waals surface area contributed by atoms with Crippen molar-refractivity contribution < 1.29 is 13.2 Å². The molecule has 0 spiro atoms. The molecule has 5 aromatic carbocycles. The second-order valence-corrected chi connectivity index (χ2v) is 10.4. The fraction of sp³-hybridized carbons (Fsp3) is 0. The molecule has 0 aliphatic carbocycles. The average Bonchev–Trinajstić information content (AvgIpc) is 2.93. The highest BCUT2D eigenvalue weighted by molar-refractivity contribution is 7.91. The molecule has 0 atom stereocenters. The zero-order valence-electron chi connectivity index (χ0n) is 19.2. The van der Waals surface area contributed by atoms with Gasteiger partial charge in [0.2, 0.25) is 9.84 Å². The molecule has 0 bridgehead atoms. The lowest BCUT2D eigenvalue weighted by Crippen LogP contribution is -2.21. The van der Waals surface area contributed by atoms with E-state index in [0.29, 0.717) is 5.56 Å². The van der Waals surface area contributed by atoms with Gasteiger partial charge in [-0.15, -0.1) is 0 Å². The van der Waals surface area contributed by atoms with Gasteiger partial charge in [-0.25, -0.2) is 8.42 Å². The summed E-state index contributed by atoms with van der Waals surface area (Å²) in [4.78, 5) is 16.0. The van der Waals surface area contributed by atoms with E-state index in [0.717, 1.165) is 22.6 Å². The second-order valence-electron chi connectivity index (χ2n) is 8.53. The molecule has 0 aromatic heterocycles. The van der Waals surface area contributed by atoms with E-state index in [9.17, 15) is 13.2 Å². The number of nitrogens with zero attached hydrogens (tertiary/aromatic N) is 1. The lowest BCUT2D eigenvalue weighted by atomic mass is 9.92. The standard InChI is InChI=1S/C31H21NO3S/c33-31-26-17-8-10-20-28(26)36(34,35)29-21-11-18-25(30(29)31)24-16-7-9-19-27(24)32(22-12-3-1-4-13-22)23-14-5-2-6-15-23/h1-21H. The van der Waals surface area contributed by atoms with Crippen LogP contribution in [0.3, 0.4) is 0 Å². The third kappa shape index (κ3) is 3.44. The smallest absolute Gasteiger partial charge is 0.208 e. The van der Waals surface area contributed by atoms with E-state index in [1.165, 1.54) is 12.1 Å². The maximum absolute atomic E-state index is 13.7. The van der Waals surface area contributed by atoms with Gasteiger partial charge in [0, 0.05) is 28.1 Å². The minimum atomic E-state index is -3.84. The Balaban J connectivity index is 1.63. The van der Waals surface area contributed by atoms with Gasteiger partial charge in [-0.2, -0.15) is 0 Å². The van der Waals surface area contributed by atoms with Crippen LogP contribution in [0.25, 0.3) is 11.1 Å². The van der Waals surface area contributed by atoms with Crippen molar-refractivity contribution in [3.05, 3.63) is 139 Å². The van der Waals surface area contributed by atoms with E-state index in [2.05, 4.69) is 4.90 Å². The molecule has 4 nitrogen and oxygen atoms in total. The number of carbonyl (C=O) groups is 1. The number of carbonyl (C=O) groups excluding carboxylic acids is 1. The Morgan fingerprint density at radius 2 is 0.972 bits per heavy atom. The molecule has 1 aliphatic heterocycles. The van der Waals surface area contributed by atoms with E-state index in [-0.39, 0.29) is 26.7 Å². The first-order valence-electron chi connectivity index (χ1n) is 11.6. The normalized spacial score (nSPS) is 13.5. The molecule has 5 aromatic rings. The first-order valence-corrected chi connectivity index (χ1v) is 13.1. The molecule has 0 unspecified atom stereocenters. The van der Waals surface area contributed by atoms with E-state index >= 15 is 0 Å². The highest BCUT2D eigenvalue weighted by atomic mass is 32.2. The van der Waals surface area contributed by atoms with Crippen molar-refractivity contribution in [2.24, 2.45) is 0 Å². The van der Waals surface area contributed by atoms with Crippen LogP contribution in [-0.2, 0) is 9.84 Å². The minimum Gasteiger partial charge on any atom is -0.310 e. The maximum Gasteiger partial charge on any atom is 0.208 e. The van der Waals surface area contributed by atoms with Gasteiger partial charge in [-0.05, 0) is 54.1 Å². The van der Waals surface area contributed by atoms with Gasteiger partial charge in [0.05, 0.1) is 15.5 Å². The van der Waals surface area contributed by atoms with Crippen LogP contribution in [0.5, 0.6) is 0 Å². The quantitative estimate of drug-likeness (QED) is 0.264. The fourth-order valence-corrected chi connectivity index (χ4v) is 6.51. The van der Waals surface area contributed by atoms with E-state index < -0.39 is 9.84 Å². The molecule has 0 N–H and O–H groups in total. The van der Waals surface area contributed by atoms with Crippen LogP contribution in [0.1, 0.15) is 15.9 Å². The molecule has 0 amide bonds. The van der Waals surface area contributed by atoms with Gasteiger partial charge in [0.15, 0.2) is 5.78 Å². The van der Waals surface area contributed by atoms with Crippen molar-refractivity contribution in [1.82, 2.24) is 0 Å². The largest absolute Gasteiger partial charge is 0.310 e. The number of ketones is 1. The summed E-state index contributed by atoms with van der Waals surface area (Å²) < 4.78 is 27.0. The Morgan fingerprint density at radius 1 is 0.472 bits per heavy atom. The summed E-state index contributed by atoms with van der Waals surface area (Å²) in [5.74, 6) is -0.285. The van der Waals surface area contributed by atoms with Crippen molar-refractivity contribution in [2.45, 2.75) is 9.79 Å². The third-order valence-corrected chi connectivity index (χ3v) is 8.28. The SMILES string of the molecule is O=C1c2ccccc2S(=O)(=O)c2cccc(-c3ccccc3N(c3ccccc3)c3ccccc3)c21. The molecule has 0 saturated carbocycles. The molecular formula is C31H21NO3S. The highest BCUT2D eigenvalue weighted by Gasteiger charge is 2.36. The highest BCUT2D eigenvalue weighted by Crippen LogP contribution is 2.44. The van der Waals surface area contributed by atoms with E-state index in [1.54, 1.807) is 24.3 Å². The number of benzene rings is 5. The Kier molecular flexibility index (Phi) is 5.28. The minimum absolute atomic E-state index is 0.0458. The molecule has 0 radical (unpaired) electrons. The zero-order chi connectivity index (χ0) is 24.7. The van der Waals surface area contributed by atoms with Crippen LogP contribution in [0.2, 0.25) is 0 Å². The Bertz CT molecular complexity index is 1670. The second kappa shape index (κ2) is 8.63. The summed E-state index contributed by atoms with van der Waals surface area (Å²) in [5, 5.41) is 0. The van der Waals surface area contributed by atoms with Gasteiger partial charge < -0.3 is 4.90 Å². The van der Waals surface area contributed by atoms with Crippen molar-refractivity contribution in [2.75, 3.05) is 4.90 Å². The number of anilines is 3. The number of para-hydroxylation sites is 3. The average molecular weight is 488 g/mol. The molecule has 174 valence electrons. The van der Waals surface area contributed by atoms with Crippen LogP contribution < -0.4 is 4.90 Å². The number of sulfone groups is 1. The summed E-state index contributed by atoms with van der Waals surface area (Å²) in [6.45, 7) is 0. The number of hydrogen-bond acceptors (Lipinski definition) is 4. The molecule has 0 fully saturated rings. The fourth-order valence-electron chi connectivity index (χ4n) is 4.83. The first kappa shape index (κ1) is 22.0. The topological polar surface area (TPSA) is 54.5 Å². The third-order valence-electron chi connectivity index (χ3n) is 6.43. The molecule has 5 heteroatoms. The maximum atomic E-state index is 13.7. The summed E-state index contributed by atoms with van der Waals surface area (Å²) >= 11 is 0. The van der Waals surface area contributed by atoms with E-state index in [4.69, 9.17) is 0 Å². The number of hydrogen-bond donors (Lipinski definition) is 0. The van der Waals surface area contributed by atoms with Crippen LogP contribution >= 0.6 is 0 Å². The molecule has 36 heavy (non-hydrogen) atoms. The van der Waals surface area contributed by atoms with Crippen molar-refractivity contribution in [3.63, 3.8) is 0 Å². The summed E-state index contributed by atoms with van der Waals surface area (Å²) in [5.41, 5.74) is 4.51. The van der Waals surface area contributed by atoms with Crippen LogP contribution in [0.4, 0.5) is 17.1 Å². The van der Waals surface area contributed by atoms with Crippen molar-refractivity contribution >= 4 is 32.7 Å². The lowest BCUT2D eigenvalue weighted by molar-refractivity contribution is 0.103. The number of fused-ring (bicyclic) bond motifs is 2. The van der Waals surface area contributed by atoms with Gasteiger partial charge in [-0.3, -0.25) is 4.79 Å². The van der Waals surface area contributed by atoms with Gasteiger partial charge in [-0.1, -0.05) is 78.9 Å². The Morgan fingerprint density at radius 3 is 1.64 bits per heavy atom. The first-order chi connectivity index (χ1) is 17.6. The zero-order valence-corrected chi connectivity index (χ0v) is 20.0. The number of rotatable bonds is 4. The van der Waals surface area contributed by atoms with E-state index in [1.807, 2.05) is 91.0 Å². The molecular weight excluding hydrogens is 466 g/mol. The monoisotopic (exact) mass is 487 g/mol. The molecule has 6 rings (SSSR count). The van der Waals surface area contributed by atoms with Crippen LogP contribution in [0.15, 0.2) is 137 Å². The predicted octanol–water partition coefficient (Wildman–Crippen LogP) is 7.20. The summed E-state index contributed by atoms with van der Waals surface area (Å²) in [7, 11) is -3.84. The summed E-state index contributed by atoms with van der Waals surface area (Å²) in [6.07, 6.45) is 0. The van der Waals surface area contributed by atoms with Crippen molar-refractivity contribution in [1.29, 1.82) is 0 Å². The lowest BCUT2D eigenvalue weighted by Gasteiger charge is -2.29.